The summed E-state index contributed by atoms with van der Waals surface area (Å²) in [6, 6.07) is 7.51. The molecule has 0 saturated carbocycles. The van der Waals surface area contributed by atoms with Crippen LogP contribution < -0.4 is 4.74 Å². The molecule has 0 bridgehead atoms. The molecule has 14 heavy (non-hydrogen) atoms. The standard InChI is InChI=1S/C11H14O2S/c1-8-6-4-5-7-10(8)13-11(12)9(2)14-3/h4-7,9H,1-3H3. The van der Waals surface area contributed by atoms with E-state index in [1.165, 1.54) is 11.8 Å². The molecule has 0 aliphatic rings. The molecule has 1 rings (SSSR count). The van der Waals surface area contributed by atoms with Gasteiger partial charge in [-0.2, -0.15) is 11.8 Å². The lowest BCUT2D eigenvalue weighted by atomic mass is 10.2. The van der Waals surface area contributed by atoms with Crippen molar-refractivity contribution >= 4 is 17.7 Å². The number of benzene rings is 1. The SMILES string of the molecule is CSC(C)C(=O)Oc1ccccc1C. The Hall–Kier alpha value is -0.960. The van der Waals surface area contributed by atoms with Crippen molar-refractivity contribution in [3.05, 3.63) is 29.8 Å². The van der Waals surface area contributed by atoms with E-state index in [-0.39, 0.29) is 11.2 Å². The van der Waals surface area contributed by atoms with E-state index in [1.54, 1.807) is 6.07 Å². The normalized spacial score (nSPS) is 12.2. The highest BCUT2D eigenvalue weighted by Crippen LogP contribution is 2.18. The highest BCUT2D eigenvalue weighted by Gasteiger charge is 2.14. The fourth-order valence-corrected chi connectivity index (χ4v) is 1.20. The highest BCUT2D eigenvalue weighted by atomic mass is 32.2. The van der Waals surface area contributed by atoms with E-state index in [4.69, 9.17) is 4.74 Å². The summed E-state index contributed by atoms with van der Waals surface area (Å²) in [5.74, 6) is 0.463. The van der Waals surface area contributed by atoms with Crippen LogP contribution >= 0.6 is 11.8 Å². The third kappa shape index (κ3) is 2.77. The van der Waals surface area contributed by atoms with Crippen LogP contribution in [0.4, 0.5) is 0 Å². The first kappa shape index (κ1) is 11.1. The first-order chi connectivity index (χ1) is 6.65. The number of carbonyl (C=O) groups is 1. The van der Waals surface area contributed by atoms with Crippen LogP contribution in [0.5, 0.6) is 5.75 Å². The van der Waals surface area contributed by atoms with Gasteiger partial charge in [-0.15, -0.1) is 0 Å². The van der Waals surface area contributed by atoms with E-state index < -0.39 is 0 Å². The number of thioether (sulfide) groups is 1. The molecule has 1 aromatic rings. The monoisotopic (exact) mass is 210 g/mol. The lowest BCUT2D eigenvalue weighted by Crippen LogP contribution is -2.19. The molecule has 0 heterocycles. The molecule has 0 amide bonds. The molecule has 0 spiro atoms. The van der Waals surface area contributed by atoms with Crippen molar-refractivity contribution < 1.29 is 9.53 Å². The quantitative estimate of drug-likeness (QED) is 0.566. The first-order valence-corrected chi connectivity index (χ1v) is 5.74. The molecule has 2 nitrogen and oxygen atoms in total. The minimum absolute atomic E-state index is 0.116. The van der Waals surface area contributed by atoms with E-state index in [0.717, 1.165) is 5.56 Å². The van der Waals surface area contributed by atoms with Gasteiger partial charge >= 0.3 is 5.97 Å². The summed E-state index contributed by atoms with van der Waals surface area (Å²) in [7, 11) is 0. The molecule has 3 heteroatoms. The van der Waals surface area contributed by atoms with Crippen molar-refractivity contribution in [3.63, 3.8) is 0 Å². The fourth-order valence-electron chi connectivity index (χ4n) is 0.959. The van der Waals surface area contributed by atoms with Gasteiger partial charge in [-0.3, -0.25) is 4.79 Å². The van der Waals surface area contributed by atoms with Crippen LogP contribution in [0.1, 0.15) is 12.5 Å². The van der Waals surface area contributed by atoms with Crippen LogP contribution in [0.2, 0.25) is 0 Å². The molecule has 1 aromatic carbocycles. The molecule has 0 N–H and O–H groups in total. The van der Waals surface area contributed by atoms with Crippen LogP contribution in [0.25, 0.3) is 0 Å². The second kappa shape index (κ2) is 5.05. The van der Waals surface area contributed by atoms with E-state index in [1.807, 2.05) is 38.3 Å². The van der Waals surface area contributed by atoms with Crippen molar-refractivity contribution in [2.24, 2.45) is 0 Å². The Labute approximate surface area is 88.7 Å². The van der Waals surface area contributed by atoms with Gasteiger partial charge in [0, 0.05) is 0 Å². The summed E-state index contributed by atoms with van der Waals surface area (Å²) >= 11 is 1.48. The number of rotatable bonds is 3. The molecule has 0 aromatic heterocycles. The summed E-state index contributed by atoms with van der Waals surface area (Å²) in [6.45, 7) is 3.76. The molecule has 0 saturated heterocycles. The van der Waals surface area contributed by atoms with Crippen molar-refractivity contribution in [1.82, 2.24) is 0 Å². The second-order valence-electron chi connectivity index (χ2n) is 3.06. The van der Waals surface area contributed by atoms with Gasteiger partial charge < -0.3 is 4.74 Å². The van der Waals surface area contributed by atoms with Crippen molar-refractivity contribution in [3.8, 4) is 5.75 Å². The maximum Gasteiger partial charge on any atom is 0.324 e. The Morgan fingerprint density at radius 1 is 1.43 bits per heavy atom. The molecular formula is C11H14O2S. The predicted octanol–water partition coefficient (Wildman–Crippen LogP) is 2.65. The Kier molecular flexibility index (Phi) is 4.01. The molecular weight excluding hydrogens is 196 g/mol. The first-order valence-electron chi connectivity index (χ1n) is 4.45. The molecule has 0 radical (unpaired) electrons. The lowest BCUT2D eigenvalue weighted by molar-refractivity contribution is -0.133. The zero-order valence-electron chi connectivity index (χ0n) is 8.61. The van der Waals surface area contributed by atoms with Gasteiger partial charge in [-0.1, -0.05) is 18.2 Å². The number of ether oxygens (including phenoxy) is 1. The number of aryl methyl sites for hydroxylation is 1. The average Bonchev–Trinajstić information content (AvgIpc) is 2.20. The molecule has 1 atom stereocenters. The summed E-state index contributed by atoms with van der Waals surface area (Å²) in [4.78, 5) is 11.5. The Morgan fingerprint density at radius 2 is 2.07 bits per heavy atom. The third-order valence-corrected chi connectivity index (χ3v) is 2.89. The Bertz CT molecular complexity index is 323. The predicted molar refractivity (Wildman–Crippen MR) is 59.8 cm³/mol. The topological polar surface area (TPSA) is 26.3 Å². The number of esters is 1. The number of hydrogen-bond acceptors (Lipinski definition) is 3. The van der Waals surface area contributed by atoms with Gasteiger partial charge in [0.25, 0.3) is 0 Å². The molecule has 76 valence electrons. The summed E-state index contributed by atoms with van der Waals surface area (Å²) in [5.41, 5.74) is 0.981. The maximum atomic E-state index is 11.5. The maximum absolute atomic E-state index is 11.5. The summed E-state index contributed by atoms with van der Waals surface area (Å²) in [6.07, 6.45) is 1.89. The van der Waals surface area contributed by atoms with Crippen molar-refractivity contribution in [2.75, 3.05) is 6.26 Å². The van der Waals surface area contributed by atoms with Crippen molar-refractivity contribution in [1.29, 1.82) is 0 Å². The summed E-state index contributed by atoms with van der Waals surface area (Å²) < 4.78 is 5.24. The van der Waals surface area contributed by atoms with Crippen LogP contribution in [0.15, 0.2) is 24.3 Å². The lowest BCUT2D eigenvalue weighted by Gasteiger charge is -2.10. The van der Waals surface area contributed by atoms with Crippen LogP contribution in [0.3, 0.4) is 0 Å². The van der Waals surface area contributed by atoms with Gasteiger partial charge in [-0.05, 0) is 31.7 Å². The summed E-state index contributed by atoms with van der Waals surface area (Å²) in [5, 5.41) is -0.116. The van der Waals surface area contributed by atoms with Gasteiger partial charge in [-0.25, -0.2) is 0 Å². The number of para-hydroxylation sites is 1. The van der Waals surface area contributed by atoms with Crippen molar-refractivity contribution in [2.45, 2.75) is 19.1 Å². The van der Waals surface area contributed by atoms with Crippen LogP contribution in [-0.2, 0) is 4.79 Å². The number of hydrogen-bond donors (Lipinski definition) is 0. The largest absolute Gasteiger partial charge is 0.425 e. The molecule has 1 unspecified atom stereocenters. The van der Waals surface area contributed by atoms with Gasteiger partial charge in [0.15, 0.2) is 0 Å². The average molecular weight is 210 g/mol. The Balaban J connectivity index is 2.70. The molecule has 0 fully saturated rings. The highest BCUT2D eigenvalue weighted by molar-refractivity contribution is 7.99. The number of carbonyl (C=O) groups excluding carboxylic acids is 1. The van der Waals surface area contributed by atoms with Crippen LogP contribution in [0, 0.1) is 6.92 Å². The van der Waals surface area contributed by atoms with E-state index >= 15 is 0 Å². The van der Waals surface area contributed by atoms with E-state index in [0.29, 0.717) is 5.75 Å². The van der Waals surface area contributed by atoms with Crippen LogP contribution in [-0.4, -0.2) is 17.5 Å². The van der Waals surface area contributed by atoms with E-state index in [2.05, 4.69) is 0 Å². The van der Waals surface area contributed by atoms with E-state index in [9.17, 15) is 4.79 Å². The third-order valence-electron chi connectivity index (χ3n) is 1.99. The van der Waals surface area contributed by atoms with Gasteiger partial charge in [0.05, 0.1) is 5.25 Å². The van der Waals surface area contributed by atoms with Gasteiger partial charge in [0.1, 0.15) is 5.75 Å². The fraction of sp³-hybridized carbons (Fsp3) is 0.364. The minimum atomic E-state index is -0.188. The molecule has 0 aliphatic carbocycles. The van der Waals surface area contributed by atoms with Gasteiger partial charge in [0.2, 0.25) is 0 Å². The Morgan fingerprint density at radius 3 is 2.64 bits per heavy atom. The minimum Gasteiger partial charge on any atom is -0.425 e. The zero-order chi connectivity index (χ0) is 10.6. The smallest absolute Gasteiger partial charge is 0.324 e. The zero-order valence-corrected chi connectivity index (χ0v) is 9.43. The second-order valence-corrected chi connectivity index (χ2v) is 4.24. The molecule has 0 aliphatic heterocycles.